The van der Waals surface area contributed by atoms with Gasteiger partial charge >= 0.3 is 12.1 Å². The van der Waals surface area contributed by atoms with Crippen LogP contribution in [0.15, 0.2) is 53.3 Å². The van der Waals surface area contributed by atoms with E-state index >= 15 is 0 Å². The van der Waals surface area contributed by atoms with Gasteiger partial charge in [0.2, 0.25) is 0 Å². The van der Waals surface area contributed by atoms with Crippen LogP contribution in [-0.4, -0.2) is 49.5 Å². The second kappa shape index (κ2) is 10.8. The number of hydrogen-bond donors (Lipinski definition) is 2. The Kier molecular flexibility index (Phi) is 8.46. The zero-order valence-corrected chi connectivity index (χ0v) is 17.3. The lowest BCUT2D eigenvalue weighted by atomic mass is 10.1. The first-order chi connectivity index (χ1) is 14.3. The third-order valence-corrected chi connectivity index (χ3v) is 4.45. The molecule has 1 aliphatic rings. The summed E-state index contributed by atoms with van der Waals surface area (Å²) in [5.74, 6) is 0.243. The molecule has 1 unspecified atom stereocenters. The number of carbonyl (C=O) groups is 1. The molecule has 0 aromatic heterocycles. The molecule has 9 heteroatoms. The van der Waals surface area contributed by atoms with Gasteiger partial charge in [-0.15, -0.1) is 0 Å². The van der Waals surface area contributed by atoms with Crippen molar-refractivity contribution in [3.8, 4) is 0 Å². The second-order valence-corrected chi connectivity index (χ2v) is 6.64. The van der Waals surface area contributed by atoms with E-state index in [1.807, 2.05) is 24.8 Å². The maximum Gasteiger partial charge on any atom is 0.416 e. The summed E-state index contributed by atoms with van der Waals surface area (Å²) in [6.07, 6.45) is 1.63. The summed E-state index contributed by atoms with van der Waals surface area (Å²) in [6.45, 7) is 5.33. The molecule has 1 aromatic rings. The highest BCUT2D eigenvalue weighted by Crippen LogP contribution is 2.30. The van der Waals surface area contributed by atoms with E-state index in [0.717, 1.165) is 12.1 Å². The Labute approximate surface area is 174 Å². The molecule has 164 valence electrons. The van der Waals surface area contributed by atoms with Gasteiger partial charge in [0.1, 0.15) is 6.04 Å². The van der Waals surface area contributed by atoms with Gasteiger partial charge in [0.25, 0.3) is 0 Å². The van der Waals surface area contributed by atoms with Gasteiger partial charge in [0.15, 0.2) is 5.84 Å². The van der Waals surface area contributed by atoms with E-state index in [1.54, 1.807) is 12.3 Å². The summed E-state index contributed by atoms with van der Waals surface area (Å²) in [5, 5.41) is 6.29. The molecule has 1 saturated heterocycles. The number of ether oxygens (including phenoxy) is 1. The van der Waals surface area contributed by atoms with E-state index < -0.39 is 17.8 Å². The Hall–Kier alpha value is -2.81. The minimum absolute atomic E-state index is 0.359. The lowest BCUT2D eigenvalue weighted by Gasteiger charge is -2.35. The zero-order chi connectivity index (χ0) is 22.1. The summed E-state index contributed by atoms with van der Waals surface area (Å²) in [4.78, 5) is 18.4. The van der Waals surface area contributed by atoms with E-state index in [2.05, 4.69) is 15.6 Å². The van der Waals surface area contributed by atoms with E-state index in [0.29, 0.717) is 43.3 Å². The second-order valence-electron chi connectivity index (χ2n) is 6.64. The SMILES string of the molecule is C\C=C/N=C(/C(=C/CC)Nc1ccc(C(F)(F)F)cc1)N1CCNC(C(=O)OC)C1. The van der Waals surface area contributed by atoms with Crippen LogP contribution in [0.3, 0.4) is 0 Å². The molecule has 0 aliphatic carbocycles. The van der Waals surface area contributed by atoms with Gasteiger partial charge in [-0.25, -0.2) is 4.99 Å². The quantitative estimate of drug-likeness (QED) is 0.413. The molecule has 1 aromatic carbocycles. The number of esters is 1. The van der Waals surface area contributed by atoms with E-state index in [9.17, 15) is 18.0 Å². The molecule has 30 heavy (non-hydrogen) atoms. The minimum Gasteiger partial charge on any atom is -0.468 e. The fourth-order valence-electron chi connectivity index (χ4n) is 3.01. The molecule has 0 spiro atoms. The largest absolute Gasteiger partial charge is 0.468 e. The van der Waals surface area contributed by atoms with Gasteiger partial charge in [0, 0.05) is 31.5 Å². The molecule has 1 fully saturated rings. The fourth-order valence-corrected chi connectivity index (χ4v) is 3.01. The smallest absolute Gasteiger partial charge is 0.416 e. The lowest BCUT2D eigenvalue weighted by Crippen LogP contribution is -2.56. The first-order valence-electron chi connectivity index (χ1n) is 9.70. The van der Waals surface area contributed by atoms with Crippen molar-refractivity contribution in [2.45, 2.75) is 32.5 Å². The molecule has 0 amide bonds. The van der Waals surface area contributed by atoms with Crippen LogP contribution in [0.1, 0.15) is 25.8 Å². The first-order valence-corrected chi connectivity index (χ1v) is 9.70. The number of carbonyl (C=O) groups excluding carboxylic acids is 1. The number of alkyl halides is 3. The molecule has 0 saturated carbocycles. The monoisotopic (exact) mass is 424 g/mol. The predicted octanol–water partition coefficient (Wildman–Crippen LogP) is 3.79. The lowest BCUT2D eigenvalue weighted by molar-refractivity contribution is -0.144. The molecule has 2 N–H and O–H groups in total. The van der Waals surface area contributed by atoms with E-state index in [4.69, 9.17) is 4.74 Å². The topological polar surface area (TPSA) is 66.0 Å². The summed E-state index contributed by atoms with van der Waals surface area (Å²) in [6, 6.07) is 4.34. The minimum atomic E-state index is -4.39. The standard InChI is InChI=1S/C21H27F3N4O2/c1-4-6-17(27-16-9-7-15(8-10-16)21(22,23)24)19(26-11-5-2)28-13-12-25-18(14-28)20(29)30-3/h5-11,18,25,27H,4,12-14H2,1-3H3/b11-5-,17-6-,26-19-. The average Bonchev–Trinajstić information content (AvgIpc) is 2.73. The van der Waals surface area contributed by atoms with Crippen molar-refractivity contribution in [1.82, 2.24) is 10.2 Å². The number of nitrogens with zero attached hydrogens (tertiary/aromatic N) is 2. The number of aliphatic imine (C=N–C) groups is 1. The molecule has 1 atom stereocenters. The summed E-state index contributed by atoms with van der Waals surface area (Å²) < 4.78 is 43.3. The number of benzene rings is 1. The molecule has 2 rings (SSSR count). The van der Waals surface area contributed by atoms with Crippen molar-refractivity contribution < 1.29 is 22.7 Å². The summed E-state index contributed by atoms with van der Waals surface area (Å²) in [5.41, 5.74) is 0.455. The molecule has 1 aliphatic heterocycles. The normalized spacial score (nSPS) is 18.6. The highest BCUT2D eigenvalue weighted by atomic mass is 19.4. The van der Waals surface area contributed by atoms with Crippen molar-refractivity contribution in [3.05, 3.63) is 53.9 Å². The highest BCUT2D eigenvalue weighted by Gasteiger charge is 2.31. The predicted molar refractivity (Wildman–Crippen MR) is 111 cm³/mol. The molecule has 0 radical (unpaired) electrons. The number of piperazine rings is 1. The Morgan fingerprint density at radius 1 is 1.37 bits per heavy atom. The van der Waals surface area contributed by atoms with E-state index in [-0.39, 0.29) is 5.97 Å². The van der Waals surface area contributed by atoms with Crippen LogP contribution >= 0.6 is 0 Å². The van der Waals surface area contributed by atoms with Crippen LogP contribution in [0.5, 0.6) is 0 Å². The van der Waals surface area contributed by atoms with Crippen LogP contribution < -0.4 is 10.6 Å². The molecule has 1 heterocycles. The molecular formula is C21H27F3N4O2. The average molecular weight is 424 g/mol. The van der Waals surface area contributed by atoms with Gasteiger partial charge in [-0.3, -0.25) is 4.79 Å². The number of methoxy groups -OCH3 is 1. The third-order valence-electron chi connectivity index (χ3n) is 4.45. The van der Waals surface area contributed by atoms with Gasteiger partial charge in [-0.2, -0.15) is 13.2 Å². The number of allylic oxidation sites excluding steroid dienone is 2. The maximum absolute atomic E-state index is 12.8. The first kappa shape index (κ1) is 23.5. The number of hydrogen-bond acceptors (Lipinski definition) is 5. The van der Waals surface area contributed by atoms with Crippen LogP contribution in [0.25, 0.3) is 0 Å². The number of anilines is 1. The molecule has 6 nitrogen and oxygen atoms in total. The number of rotatable bonds is 6. The van der Waals surface area contributed by atoms with Gasteiger partial charge < -0.3 is 20.3 Å². The van der Waals surface area contributed by atoms with Crippen LogP contribution in [-0.2, 0) is 15.7 Å². The Balaban J connectivity index is 2.30. The van der Waals surface area contributed by atoms with Crippen LogP contribution in [0.2, 0.25) is 0 Å². The molecule has 0 bridgehead atoms. The van der Waals surface area contributed by atoms with Crippen molar-refractivity contribution >= 4 is 17.5 Å². The fraction of sp³-hybridized carbons (Fsp3) is 0.429. The van der Waals surface area contributed by atoms with Crippen molar-refractivity contribution in [1.29, 1.82) is 0 Å². The maximum atomic E-state index is 12.8. The van der Waals surface area contributed by atoms with Crippen LogP contribution in [0, 0.1) is 0 Å². The van der Waals surface area contributed by atoms with Crippen molar-refractivity contribution in [3.63, 3.8) is 0 Å². The van der Waals surface area contributed by atoms with Crippen molar-refractivity contribution in [2.75, 3.05) is 32.1 Å². The number of halogens is 3. The van der Waals surface area contributed by atoms with E-state index in [1.165, 1.54) is 19.2 Å². The number of amidine groups is 1. The zero-order valence-electron chi connectivity index (χ0n) is 17.3. The Bertz CT molecular complexity index is 801. The number of nitrogens with one attached hydrogen (secondary N) is 2. The third kappa shape index (κ3) is 6.35. The summed E-state index contributed by atoms with van der Waals surface area (Å²) >= 11 is 0. The highest BCUT2D eigenvalue weighted by molar-refractivity contribution is 6.01. The van der Waals surface area contributed by atoms with Crippen LogP contribution in [0.4, 0.5) is 18.9 Å². The summed E-state index contributed by atoms with van der Waals surface area (Å²) in [7, 11) is 1.34. The van der Waals surface area contributed by atoms with Gasteiger partial charge in [0.05, 0.1) is 18.4 Å². The van der Waals surface area contributed by atoms with Crippen molar-refractivity contribution in [2.24, 2.45) is 4.99 Å². The molecular weight excluding hydrogens is 397 g/mol. The Morgan fingerprint density at radius 2 is 2.07 bits per heavy atom. The van der Waals surface area contributed by atoms with Gasteiger partial charge in [-0.05, 0) is 37.6 Å². The van der Waals surface area contributed by atoms with Gasteiger partial charge in [-0.1, -0.05) is 19.1 Å². The Morgan fingerprint density at radius 3 is 2.63 bits per heavy atom.